The Morgan fingerprint density at radius 2 is 2.46 bits per heavy atom. The number of amides is 1. The SMILES string of the molecule is Cc1cc(C(=O)NCCCl)ccn1. The third-order valence-corrected chi connectivity index (χ3v) is 1.73. The summed E-state index contributed by atoms with van der Waals surface area (Å²) < 4.78 is 0. The van der Waals surface area contributed by atoms with Crippen LogP contribution in [0.25, 0.3) is 0 Å². The summed E-state index contributed by atoms with van der Waals surface area (Å²) in [4.78, 5) is 15.4. The second-order valence-electron chi connectivity index (χ2n) is 2.63. The Morgan fingerprint density at radius 1 is 1.69 bits per heavy atom. The maximum absolute atomic E-state index is 11.4. The monoisotopic (exact) mass is 198 g/mol. The molecule has 0 atom stereocenters. The van der Waals surface area contributed by atoms with E-state index >= 15 is 0 Å². The van der Waals surface area contributed by atoms with E-state index in [9.17, 15) is 4.79 Å². The van der Waals surface area contributed by atoms with Crippen molar-refractivity contribution in [1.82, 2.24) is 10.3 Å². The highest BCUT2D eigenvalue weighted by atomic mass is 35.5. The highest BCUT2D eigenvalue weighted by molar-refractivity contribution is 6.18. The van der Waals surface area contributed by atoms with Gasteiger partial charge in [-0.2, -0.15) is 0 Å². The normalized spacial score (nSPS) is 9.69. The number of alkyl halides is 1. The molecular weight excluding hydrogens is 188 g/mol. The Balaban J connectivity index is 2.66. The van der Waals surface area contributed by atoms with E-state index < -0.39 is 0 Å². The number of aromatic nitrogens is 1. The van der Waals surface area contributed by atoms with Gasteiger partial charge in [0.05, 0.1) is 0 Å². The largest absolute Gasteiger partial charge is 0.351 e. The van der Waals surface area contributed by atoms with Crippen LogP contribution in [0.15, 0.2) is 18.3 Å². The first-order valence-electron chi connectivity index (χ1n) is 4.01. The topological polar surface area (TPSA) is 42.0 Å². The molecule has 0 radical (unpaired) electrons. The first-order chi connectivity index (χ1) is 6.24. The van der Waals surface area contributed by atoms with Gasteiger partial charge in [-0.25, -0.2) is 0 Å². The molecule has 0 aromatic carbocycles. The van der Waals surface area contributed by atoms with E-state index in [2.05, 4.69) is 10.3 Å². The molecule has 70 valence electrons. The fourth-order valence-electron chi connectivity index (χ4n) is 0.950. The molecule has 0 aliphatic rings. The molecule has 1 heterocycles. The van der Waals surface area contributed by atoms with Gasteiger partial charge in [-0.05, 0) is 19.1 Å². The lowest BCUT2D eigenvalue weighted by molar-refractivity contribution is 0.0956. The number of pyridine rings is 1. The van der Waals surface area contributed by atoms with Crippen LogP contribution in [0.5, 0.6) is 0 Å². The van der Waals surface area contributed by atoms with Gasteiger partial charge < -0.3 is 5.32 Å². The molecule has 0 aliphatic carbocycles. The summed E-state index contributed by atoms with van der Waals surface area (Å²) >= 11 is 5.44. The molecule has 1 amide bonds. The van der Waals surface area contributed by atoms with Crippen LogP contribution in [0.1, 0.15) is 16.1 Å². The minimum atomic E-state index is -0.105. The van der Waals surface area contributed by atoms with Crippen molar-refractivity contribution in [2.45, 2.75) is 6.92 Å². The first-order valence-corrected chi connectivity index (χ1v) is 4.54. The second kappa shape index (κ2) is 4.82. The van der Waals surface area contributed by atoms with Gasteiger partial charge in [0.1, 0.15) is 0 Å². The summed E-state index contributed by atoms with van der Waals surface area (Å²) in [5.74, 6) is 0.321. The molecule has 0 fully saturated rings. The third kappa shape index (κ3) is 3.03. The second-order valence-corrected chi connectivity index (χ2v) is 3.01. The fourth-order valence-corrected chi connectivity index (χ4v) is 1.04. The van der Waals surface area contributed by atoms with Crippen LogP contribution in [0.3, 0.4) is 0 Å². The van der Waals surface area contributed by atoms with Crippen LogP contribution in [0.2, 0.25) is 0 Å². The molecule has 0 spiro atoms. The van der Waals surface area contributed by atoms with Crippen molar-refractivity contribution in [1.29, 1.82) is 0 Å². The van der Waals surface area contributed by atoms with Crippen molar-refractivity contribution in [2.75, 3.05) is 12.4 Å². The number of carbonyl (C=O) groups excluding carboxylic acids is 1. The summed E-state index contributed by atoms with van der Waals surface area (Å²) in [6.45, 7) is 2.33. The lowest BCUT2D eigenvalue weighted by Gasteiger charge is -2.02. The molecule has 0 unspecified atom stereocenters. The van der Waals surface area contributed by atoms with Gasteiger partial charge in [-0.3, -0.25) is 9.78 Å². The zero-order chi connectivity index (χ0) is 9.68. The number of hydrogen-bond acceptors (Lipinski definition) is 2. The zero-order valence-corrected chi connectivity index (χ0v) is 8.14. The number of nitrogens with zero attached hydrogens (tertiary/aromatic N) is 1. The van der Waals surface area contributed by atoms with E-state index in [4.69, 9.17) is 11.6 Å². The highest BCUT2D eigenvalue weighted by Gasteiger charge is 2.03. The minimum absolute atomic E-state index is 0.105. The van der Waals surface area contributed by atoms with Crippen LogP contribution in [-0.2, 0) is 0 Å². The third-order valence-electron chi connectivity index (χ3n) is 1.54. The van der Waals surface area contributed by atoms with Crippen molar-refractivity contribution in [2.24, 2.45) is 0 Å². The molecule has 1 rings (SSSR count). The van der Waals surface area contributed by atoms with E-state index in [0.29, 0.717) is 18.0 Å². The van der Waals surface area contributed by atoms with Crippen LogP contribution in [0.4, 0.5) is 0 Å². The van der Waals surface area contributed by atoms with Crippen LogP contribution < -0.4 is 5.32 Å². The van der Waals surface area contributed by atoms with Gasteiger partial charge in [0.25, 0.3) is 5.91 Å². The van der Waals surface area contributed by atoms with Gasteiger partial charge in [0.15, 0.2) is 0 Å². The van der Waals surface area contributed by atoms with Crippen molar-refractivity contribution in [3.05, 3.63) is 29.6 Å². The quantitative estimate of drug-likeness (QED) is 0.746. The number of aryl methyl sites for hydroxylation is 1. The lowest BCUT2D eigenvalue weighted by Crippen LogP contribution is -2.25. The van der Waals surface area contributed by atoms with Gasteiger partial charge >= 0.3 is 0 Å². The summed E-state index contributed by atoms with van der Waals surface area (Å²) in [5, 5.41) is 2.68. The van der Waals surface area contributed by atoms with Crippen LogP contribution in [0, 0.1) is 6.92 Å². The number of rotatable bonds is 3. The minimum Gasteiger partial charge on any atom is -0.351 e. The summed E-state index contributed by atoms with van der Waals surface area (Å²) in [6.07, 6.45) is 1.62. The molecule has 0 saturated heterocycles. The molecule has 1 aromatic heterocycles. The highest BCUT2D eigenvalue weighted by Crippen LogP contribution is 1.99. The Hall–Kier alpha value is -1.09. The number of halogens is 1. The molecule has 13 heavy (non-hydrogen) atoms. The Bertz CT molecular complexity index is 301. The average molecular weight is 199 g/mol. The predicted octanol–water partition coefficient (Wildman–Crippen LogP) is 1.36. The first kappa shape index (κ1) is 9.99. The fraction of sp³-hybridized carbons (Fsp3) is 0.333. The zero-order valence-electron chi connectivity index (χ0n) is 7.38. The maximum atomic E-state index is 11.4. The van der Waals surface area contributed by atoms with Crippen LogP contribution >= 0.6 is 11.6 Å². The predicted molar refractivity (Wildman–Crippen MR) is 52.0 cm³/mol. The summed E-state index contributed by atoms with van der Waals surface area (Å²) in [5.41, 5.74) is 1.45. The summed E-state index contributed by atoms with van der Waals surface area (Å²) in [6, 6.07) is 3.42. The smallest absolute Gasteiger partial charge is 0.251 e. The van der Waals surface area contributed by atoms with E-state index in [1.54, 1.807) is 18.3 Å². The van der Waals surface area contributed by atoms with E-state index in [-0.39, 0.29) is 5.91 Å². The number of hydrogen-bond donors (Lipinski definition) is 1. The van der Waals surface area contributed by atoms with E-state index in [1.807, 2.05) is 6.92 Å². The number of carbonyl (C=O) groups is 1. The molecular formula is C9H11ClN2O. The molecule has 1 aromatic rings. The van der Waals surface area contributed by atoms with Crippen molar-refractivity contribution >= 4 is 17.5 Å². The Morgan fingerprint density at radius 3 is 3.08 bits per heavy atom. The number of nitrogens with one attached hydrogen (secondary N) is 1. The molecule has 1 N–H and O–H groups in total. The average Bonchev–Trinajstić information content (AvgIpc) is 2.14. The van der Waals surface area contributed by atoms with Gasteiger partial charge in [0.2, 0.25) is 0 Å². The van der Waals surface area contributed by atoms with Crippen LogP contribution in [-0.4, -0.2) is 23.3 Å². The maximum Gasteiger partial charge on any atom is 0.251 e. The molecule has 3 nitrogen and oxygen atoms in total. The van der Waals surface area contributed by atoms with Gasteiger partial charge in [-0.15, -0.1) is 11.6 Å². The van der Waals surface area contributed by atoms with Gasteiger partial charge in [-0.1, -0.05) is 0 Å². The molecule has 4 heteroatoms. The van der Waals surface area contributed by atoms with Gasteiger partial charge in [0, 0.05) is 29.9 Å². The van der Waals surface area contributed by atoms with Crippen molar-refractivity contribution in [3.63, 3.8) is 0 Å². The van der Waals surface area contributed by atoms with E-state index in [0.717, 1.165) is 5.69 Å². The molecule has 0 saturated carbocycles. The standard InChI is InChI=1S/C9H11ClN2O/c1-7-6-8(2-4-11-7)9(13)12-5-3-10/h2,4,6H,3,5H2,1H3,(H,12,13). The van der Waals surface area contributed by atoms with Crippen molar-refractivity contribution < 1.29 is 4.79 Å². The molecule has 0 bridgehead atoms. The van der Waals surface area contributed by atoms with Crippen molar-refractivity contribution in [3.8, 4) is 0 Å². The Kier molecular flexibility index (Phi) is 3.71. The Labute approximate surface area is 82.1 Å². The summed E-state index contributed by atoms with van der Waals surface area (Å²) in [7, 11) is 0. The van der Waals surface area contributed by atoms with E-state index in [1.165, 1.54) is 0 Å². The lowest BCUT2D eigenvalue weighted by atomic mass is 10.2. The molecule has 0 aliphatic heterocycles.